The Morgan fingerprint density at radius 3 is 2.95 bits per heavy atom. The van der Waals surface area contributed by atoms with Gasteiger partial charge in [0.05, 0.1) is 23.3 Å². The van der Waals surface area contributed by atoms with Crippen molar-refractivity contribution >= 4 is 17.4 Å². The number of fused-ring (bicyclic) bond motifs is 1. The highest BCUT2D eigenvalue weighted by Crippen LogP contribution is 2.27. The third kappa shape index (κ3) is 2.90. The van der Waals surface area contributed by atoms with Crippen LogP contribution in [0, 0.1) is 11.3 Å². The van der Waals surface area contributed by atoms with Gasteiger partial charge in [0.25, 0.3) is 0 Å². The quantitative estimate of drug-likeness (QED) is 0.812. The second-order valence-electron chi connectivity index (χ2n) is 4.89. The molecule has 0 unspecified atom stereocenters. The molecule has 0 aromatic heterocycles. The fourth-order valence-corrected chi connectivity index (χ4v) is 2.51. The van der Waals surface area contributed by atoms with Crippen LogP contribution in [0.5, 0.6) is 11.5 Å². The summed E-state index contributed by atoms with van der Waals surface area (Å²) in [6.07, 6.45) is 0.818. The number of benzene rings is 2. The molecule has 0 bridgehead atoms. The monoisotopic (exact) mass is 313 g/mol. The van der Waals surface area contributed by atoms with Crippen LogP contribution < -0.4 is 9.47 Å². The maximum absolute atomic E-state index is 12.2. The third-order valence-electron chi connectivity index (χ3n) is 3.43. The number of nitrogens with zero attached hydrogens (tertiary/aromatic N) is 1. The topological polar surface area (TPSA) is 59.3 Å². The second kappa shape index (κ2) is 6.08. The van der Waals surface area contributed by atoms with E-state index < -0.39 is 0 Å². The van der Waals surface area contributed by atoms with E-state index >= 15 is 0 Å². The number of hydrogen-bond donors (Lipinski definition) is 0. The van der Waals surface area contributed by atoms with Gasteiger partial charge >= 0.3 is 0 Å². The summed E-state index contributed by atoms with van der Waals surface area (Å²) in [5, 5.41) is 9.10. The van der Waals surface area contributed by atoms with Gasteiger partial charge < -0.3 is 9.47 Å². The Balaban J connectivity index is 1.69. The summed E-state index contributed by atoms with van der Waals surface area (Å²) < 4.78 is 10.9. The van der Waals surface area contributed by atoms with E-state index in [9.17, 15) is 4.79 Å². The zero-order chi connectivity index (χ0) is 15.5. The van der Waals surface area contributed by atoms with E-state index in [-0.39, 0.29) is 12.4 Å². The lowest BCUT2D eigenvalue weighted by Crippen LogP contribution is -2.12. The van der Waals surface area contributed by atoms with E-state index in [0.717, 1.165) is 17.7 Å². The Labute approximate surface area is 132 Å². The maximum Gasteiger partial charge on any atom is 0.200 e. The van der Waals surface area contributed by atoms with Crippen molar-refractivity contribution in [3.05, 3.63) is 58.1 Å². The van der Waals surface area contributed by atoms with Crippen molar-refractivity contribution < 1.29 is 14.3 Å². The Bertz CT molecular complexity index is 780. The van der Waals surface area contributed by atoms with Crippen molar-refractivity contribution in [2.45, 2.75) is 6.42 Å². The zero-order valence-electron chi connectivity index (χ0n) is 11.6. The first-order valence-corrected chi connectivity index (χ1v) is 7.16. The summed E-state index contributed by atoms with van der Waals surface area (Å²) in [4.78, 5) is 12.2. The molecule has 1 aliphatic rings. The predicted molar refractivity (Wildman–Crippen MR) is 81.6 cm³/mol. The minimum atomic E-state index is -0.130. The van der Waals surface area contributed by atoms with Crippen LogP contribution in [0.2, 0.25) is 5.02 Å². The summed E-state index contributed by atoms with van der Waals surface area (Å²) in [7, 11) is 0. The molecule has 22 heavy (non-hydrogen) atoms. The van der Waals surface area contributed by atoms with Crippen LogP contribution in [-0.4, -0.2) is 19.0 Å². The predicted octanol–water partition coefficient (Wildman–Crippen LogP) is 3.41. The Hall–Kier alpha value is -2.51. The van der Waals surface area contributed by atoms with Crippen LogP contribution in [-0.2, 0) is 6.42 Å². The molecular weight excluding hydrogens is 302 g/mol. The van der Waals surface area contributed by atoms with Crippen LogP contribution in [0.1, 0.15) is 21.5 Å². The molecule has 0 atom stereocenters. The molecule has 4 nitrogen and oxygen atoms in total. The second-order valence-corrected chi connectivity index (χ2v) is 5.30. The number of ether oxygens (including phenoxy) is 2. The van der Waals surface area contributed by atoms with Gasteiger partial charge in [0, 0.05) is 12.0 Å². The molecule has 0 N–H and O–H groups in total. The van der Waals surface area contributed by atoms with E-state index in [1.165, 1.54) is 6.07 Å². The average Bonchev–Trinajstić information content (AvgIpc) is 3.00. The number of carbonyl (C=O) groups excluding carboxylic acids is 1. The first-order valence-electron chi connectivity index (χ1n) is 6.79. The van der Waals surface area contributed by atoms with Gasteiger partial charge in [-0.2, -0.15) is 5.26 Å². The van der Waals surface area contributed by atoms with Crippen molar-refractivity contribution in [2.75, 3.05) is 13.2 Å². The molecular formula is C17H12ClNO3. The largest absolute Gasteiger partial charge is 0.493 e. The van der Waals surface area contributed by atoms with E-state index in [4.69, 9.17) is 26.3 Å². The molecule has 110 valence electrons. The van der Waals surface area contributed by atoms with Gasteiger partial charge in [-0.15, -0.1) is 0 Å². The number of rotatable bonds is 4. The molecule has 1 heterocycles. The van der Waals surface area contributed by atoms with Crippen molar-refractivity contribution in [1.82, 2.24) is 0 Å². The van der Waals surface area contributed by atoms with Crippen molar-refractivity contribution in [3.63, 3.8) is 0 Å². The minimum Gasteiger partial charge on any atom is -0.493 e. The van der Waals surface area contributed by atoms with E-state index in [0.29, 0.717) is 28.5 Å². The van der Waals surface area contributed by atoms with Gasteiger partial charge in [0.1, 0.15) is 11.5 Å². The van der Waals surface area contributed by atoms with Crippen LogP contribution in [0.15, 0.2) is 36.4 Å². The van der Waals surface area contributed by atoms with E-state index in [1.807, 2.05) is 18.2 Å². The Morgan fingerprint density at radius 2 is 2.18 bits per heavy atom. The van der Waals surface area contributed by atoms with Crippen LogP contribution in [0.3, 0.4) is 0 Å². The fourth-order valence-electron chi connectivity index (χ4n) is 2.27. The van der Waals surface area contributed by atoms with Crippen molar-refractivity contribution in [3.8, 4) is 17.6 Å². The number of ketones is 1. The Morgan fingerprint density at radius 1 is 1.32 bits per heavy atom. The summed E-state index contributed by atoms with van der Waals surface area (Å²) in [5.74, 6) is 1.10. The molecule has 0 fully saturated rings. The molecule has 5 heteroatoms. The fraction of sp³-hybridized carbons (Fsp3) is 0.176. The summed E-state index contributed by atoms with van der Waals surface area (Å²) in [5.41, 5.74) is 2.08. The first-order chi connectivity index (χ1) is 10.7. The highest BCUT2D eigenvalue weighted by molar-refractivity contribution is 6.32. The molecule has 0 amide bonds. The molecule has 0 spiro atoms. The summed E-state index contributed by atoms with van der Waals surface area (Å²) in [6.45, 7) is 0.551. The number of Topliss-reactive ketones (excluding diaryl/α,β-unsaturated/α-hetero) is 1. The number of hydrogen-bond acceptors (Lipinski definition) is 4. The van der Waals surface area contributed by atoms with Crippen LogP contribution in [0.4, 0.5) is 0 Å². The average molecular weight is 314 g/mol. The van der Waals surface area contributed by atoms with Gasteiger partial charge in [-0.1, -0.05) is 11.6 Å². The van der Waals surface area contributed by atoms with Crippen LogP contribution in [0.25, 0.3) is 0 Å². The van der Waals surface area contributed by atoms with Crippen molar-refractivity contribution in [1.29, 1.82) is 5.26 Å². The molecule has 0 saturated carbocycles. The standard InChI is InChI=1S/C17H12ClNO3/c18-14-7-11(9-19)1-3-17(14)22-10-15(20)12-2-4-16-13(8-12)5-6-21-16/h1-4,7-8H,5-6,10H2. The normalized spacial score (nSPS) is 12.2. The summed E-state index contributed by atoms with van der Waals surface area (Å²) >= 11 is 6.01. The highest BCUT2D eigenvalue weighted by atomic mass is 35.5. The lowest BCUT2D eigenvalue weighted by atomic mass is 10.1. The van der Waals surface area contributed by atoms with Gasteiger partial charge in [0.15, 0.2) is 12.4 Å². The number of nitriles is 1. The number of carbonyl (C=O) groups is 1. The zero-order valence-corrected chi connectivity index (χ0v) is 12.4. The molecule has 0 aliphatic carbocycles. The molecule has 0 radical (unpaired) electrons. The van der Waals surface area contributed by atoms with Gasteiger partial charge in [-0.25, -0.2) is 0 Å². The lowest BCUT2D eigenvalue weighted by Gasteiger charge is -2.08. The van der Waals surface area contributed by atoms with Gasteiger partial charge in [0.2, 0.25) is 0 Å². The van der Waals surface area contributed by atoms with Crippen LogP contribution >= 0.6 is 11.6 Å². The SMILES string of the molecule is N#Cc1ccc(OCC(=O)c2ccc3c(c2)CCO3)c(Cl)c1. The highest BCUT2D eigenvalue weighted by Gasteiger charge is 2.15. The molecule has 2 aromatic rings. The number of halogens is 1. The third-order valence-corrected chi connectivity index (χ3v) is 3.73. The molecule has 3 rings (SSSR count). The maximum atomic E-state index is 12.2. The lowest BCUT2D eigenvalue weighted by molar-refractivity contribution is 0.0921. The van der Waals surface area contributed by atoms with E-state index in [2.05, 4.69) is 0 Å². The van der Waals surface area contributed by atoms with Gasteiger partial charge in [-0.05, 0) is 42.0 Å². The first kappa shape index (κ1) is 14.4. The van der Waals surface area contributed by atoms with Gasteiger partial charge in [-0.3, -0.25) is 4.79 Å². The summed E-state index contributed by atoms with van der Waals surface area (Å²) in [6, 6.07) is 12.1. The van der Waals surface area contributed by atoms with E-state index in [1.54, 1.807) is 18.2 Å². The molecule has 2 aromatic carbocycles. The minimum absolute atomic E-state index is 0.106. The van der Waals surface area contributed by atoms with Crippen molar-refractivity contribution in [2.24, 2.45) is 0 Å². The molecule has 1 aliphatic heterocycles. The Kier molecular flexibility index (Phi) is 3.99. The smallest absolute Gasteiger partial charge is 0.200 e. The molecule has 0 saturated heterocycles.